The van der Waals surface area contributed by atoms with E-state index in [0.717, 1.165) is 4.90 Å². The summed E-state index contributed by atoms with van der Waals surface area (Å²) in [5.41, 5.74) is 0.469. The van der Waals surface area contributed by atoms with Gasteiger partial charge in [0.15, 0.2) is 11.5 Å². The Hall–Kier alpha value is -3.03. The zero-order valence-corrected chi connectivity index (χ0v) is 13.8. The third kappa shape index (κ3) is 3.32. The van der Waals surface area contributed by atoms with Crippen molar-refractivity contribution in [2.45, 2.75) is 6.92 Å². The van der Waals surface area contributed by atoms with Gasteiger partial charge in [-0.25, -0.2) is 0 Å². The molecule has 1 aromatic carbocycles. The first-order valence-electron chi connectivity index (χ1n) is 7.05. The van der Waals surface area contributed by atoms with E-state index in [1.165, 1.54) is 34.3 Å². The molecule has 0 aromatic heterocycles. The number of amides is 3. The highest BCUT2D eigenvalue weighted by atomic mass is 16.5. The summed E-state index contributed by atoms with van der Waals surface area (Å²) in [6, 6.07) is 3.21. The topological polar surface area (TPSA) is 94.2 Å². The van der Waals surface area contributed by atoms with Crippen molar-refractivity contribution in [1.82, 2.24) is 10.2 Å². The maximum Gasteiger partial charge on any atom is 0.277 e. The second kappa shape index (κ2) is 7.03. The van der Waals surface area contributed by atoms with Crippen LogP contribution in [-0.2, 0) is 14.4 Å². The van der Waals surface area contributed by atoms with E-state index < -0.39 is 17.7 Å². The van der Waals surface area contributed by atoms with Gasteiger partial charge < -0.3 is 19.5 Å². The Kier molecular flexibility index (Phi) is 5.08. The van der Waals surface area contributed by atoms with Gasteiger partial charge in [0.25, 0.3) is 5.91 Å². The summed E-state index contributed by atoms with van der Waals surface area (Å²) in [5, 5.41) is 2.47. The monoisotopic (exact) mass is 334 g/mol. The van der Waals surface area contributed by atoms with E-state index in [1.807, 2.05) is 0 Å². The number of rotatable bonds is 4. The van der Waals surface area contributed by atoms with Crippen molar-refractivity contribution in [3.8, 4) is 17.2 Å². The SMILES string of the molecule is COc1cc(OC)c(OC)cc1/C=C1/NC(=O)CN(C(C)=O)C1=O. The quantitative estimate of drug-likeness (QED) is 0.809. The van der Waals surface area contributed by atoms with E-state index >= 15 is 0 Å². The molecule has 0 spiro atoms. The lowest BCUT2D eigenvalue weighted by Gasteiger charge is -2.25. The molecule has 8 nitrogen and oxygen atoms in total. The maximum atomic E-state index is 12.3. The fraction of sp³-hybridized carbons (Fsp3) is 0.312. The van der Waals surface area contributed by atoms with Crippen LogP contribution in [0.5, 0.6) is 17.2 Å². The molecule has 8 heteroatoms. The van der Waals surface area contributed by atoms with E-state index in [0.29, 0.717) is 22.8 Å². The summed E-state index contributed by atoms with van der Waals surface area (Å²) in [6.07, 6.45) is 1.43. The average Bonchev–Trinajstić information content (AvgIpc) is 2.56. The number of ether oxygens (including phenoxy) is 3. The zero-order chi connectivity index (χ0) is 17.9. The van der Waals surface area contributed by atoms with Crippen LogP contribution < -0.4 is 19.5 Å². The minimum atomic E-state index is -0.584. The van der Waals surface area contributed by atoms with Crippen LogP contribution >= 0.6 is 0 Å². The molecule has 0 radical (unpaired) electrons. The molecule has 0 saturated carbocycles. The molecular weight excluding hydrogens is 316 g/mol. The number of piperazine rings is 1. The van der Waals surface area contributed by atoms with Gasteiger partial charge in [0.05, 0.1) is 21.3 Å². The largest absolute Gasteiger partial charge is 0.496 e. The third-order valence-electron chi connectivity index (χ3n) is 3.47. The lowest BCUT2D eigenvalue weighted by molar-refractivity contribution is -0.147. The third-order valence-corrected chi connectivity index (χ3v) is 3.47. The van der Waals surface area contributed by atoms with E-state index in [-0.39, 0.29) is 12.2 Å². The van der Waals surface area contributed by atoms with Crippen LogP contribution in [0.15, 0.2) is 17.8 Å². The molecule has 1 N–H and O–H groups in total. The lowest BCUT2D eigenvalue weighted by Crippen LogP contribution is -2.51. The van der Waals surface area contributed by atoms with Gasteiger partial charge in [-0.1, -0.05) is 0 Å². The fourth-order valence-corrected chi connectivity index (χ4v) is 2.28. The Morgan fingerprint density at radius 2 is 1.67 bits per heavy atom. The van der Waals surface area contributed by atoms with Crippen molar-refractivity contribution < 1.29 is 28.6 Å². The van der Waals surface area contributed by atoms with Crippen molar-refractivity contribution in [1.29, 1.82) is 0 Å². The maximum absolute atomic E-state index is 12.3. The van der Waals surface area contributed by atoms with Crippen molar-refractivity contribution in [3.63, 3.8) is 0 Å². The van der Waals surface area contributed by atoms with E-state index in [2.05, 4.69) is 5.32 Å². The van der Waals surface area contributed by atoms with Crippen LogP contribution in [0.4, 0.5) is 0 Å². The predicted octanol–water partition coefficient (Wildman–Crippen LogP) is 0.558. The molecule has 2 rings (SSSR count). The molecular formula is C16H18N2O6. The van der Waals surface area contributed by atoms with Gasteiger partial charge in [0, 0.05) is 18.6 Å². The first kappa shape index (κ1) is 17.3. The zero-order valence-electron chi connectivity index (χ0n) is 13.8. The first-order chi connectivity index (χ1) is 11.4. The second-order valence-electron chi connectivity index (χ2n) is 4.97. The molecule has 1 aliphatic rings. The molecule has 1 saturated heterocycles. The number of carbonyl (C=O) groups excluding carboxylic acids is 3. The number of hydrogen-bond donors (Lipinski definition) is 1. The van der Waals surface area contributed by atoms with Gasteiger partial charge >= 0.3 is 0 Å². The van der Waals surface area contributed by atoms with E-state index in [4.69, 9.17) is 14.2 Å². The second-order valence-corrected chi connectivity index (χ2v) is 4.97. The summed E-state index contributed by atoms with van der Waals surface area (Å²) in [7, 11) is 4.43. The smallest absolute Gasteiger partial charge is 0.277 e. The lowest BCUT2D eigenvalue weighted by atomic mass is 10.1. The Labute approximate surface area is 139 Å². The number of nitrogens with one attached hydrogen (secondary N) is 1. The van der Waals surface area contributed by atoms with Crippen LogP contribution in [0.3, 0.4) is 0 Å². The number of carbonyl (C=O) groups is 3. The molecule has 1 fully saturated rings. The van der Waals surface area contributed by atoms with Crippen molar-refractivity contribution in [2.24, 2.45) is 0 Å². The Morgan fingerprint density at radius 3 is 2.21 bits per heavy atom. The fourth-order valence-electron chi connectivity index (χ4n) is 2.28. The molecule has 3 amide bonds. The molecule has 128 valence electrons. The van der Waals surface area contributed by atoms with Crippen molar-refractivity contribution in [2.75, 3.05) is 27.9 Å². The standard InChI is InChI=1S/C16H18N2O6/c1-9(19)18-8-15(20)17-11(16(18)21)5-10-6-13(23-3)14(24-4)7-12(10)22-2/h5-7H,8H2,1-4H3,(H,17,20)/b11-5+. The van der Waals surface area contributed by atoms with Crippen LogP contribution in [0.2, 0.25) is 0 Å². The number of methoxy groups -OCH3 is 3. The molecule has 0 bridgehead atoms. The van der Waals surface area contributed by atoms with Gasteiger partial charge in [-0.3, -0.25) is 19.3 Å². The molecule has 1 aliphatic heterocycles. The summed E-state index contributed by atoms with van der Waals surface area (Å²) < 4.78 is 15.7. The van der Waals surface area contributed by atoms with Crippen LogP contribution in [0.25, 0.3) is 6.08 Å². The van der Waals surface area contributed by atoms with Gasteiger partial charge in [-0.2, -0.15) is 0 Å². The van der Waals surface area contributed by atoms with Gasteiger partial charge in [0.1, 0.15) is 18.0 Å². The first-order valence-corrected chi connectivity index (χ1v) is 7.05. The highest BCUT2D eigenvalue weighted by Gasteiger charge is 2.30. The van der Waals surface area contributed by atoms with Gasteiger partial charge in [0.2, 0.25) is 11.8 Å². The molecule has 1 heterocycles. The number of hydrogen-bond acceptors (Lipinski definition) is 6. The molecule has 1 aromatic rings. The normalized spacial score (nSPS) is 16.0. The minimum Gasteiger partial charge on any atom is -0.496 e. The summed E-state index contributed by atoms with van der Waals surface area (Å²) in [4.78, 5) is 36.4. The number of imide groups is 1. The summed E-state index contributed by atoms with van der Waals surface area (Å²) in [5.74, 6) is -0.222. The Morgan fingerprint density at radius 1 is 1.08 bits per heavy atom. The number of nitrogens with zero attached hydrogens (tertiary/aromatic N) is 1. The molecule has 24 heavy (non-hydrogen) atoms. The Bertz CT molecular complexity index is 726. The number of benzene rings is 1. The van der Waals surface area contributed by atoms with E-state index in [9.17, 15) is 14.4 Å². The van der Waals surface area contributed by atoms with Crippen LogP contribution in [0.1, 0.15) is 12.5 Å². The summed E-state index contributed by atoms with van der Waals surface area (Å²) in [6.45, 7) is 0.930. The average molecular weight is 334 g/mol. The van der Waals surface area contributed by atoms with Gasteiger partial charge in [-0.15, -0.1) is 0 Å². The highest BCUT2D eigenvalue weighted by Crippen LogP contribution is 2.35. The molecule has 0 unspecified atom stereocenters. The van der Waals surface area contributed by atoms with Crippen molar-refractivity contribution >= 4 is 23.8 Å². The highest BCUT2D eigenvalue weighted by molar-refractivity contribution is 6.12. The Balaban J connectivity index is 2.50. The minimum absolute atomic E-state index is 0.0213. The van der Waals surface area contributed by atoms with E-state index in [1.54, 1.807) is 12.1 Å². The summed E-state index contributed by atoms with van der Waals surface area (Å²) >= 11 is 0. The van der Waals surface area contributed by atoms with Crippen LogP contribution in [0, 0.1) is 0 Å². The molecule has 0 atom stereocenters. The van der Waals surface area contributed by atoms with Crippen molar-refractivity contribution in [3.05, 3.63) is 23.4 Å². The van der Waals surface area contributed by atoms with Gasteiger partial charge in [-0.05, 0) is 12.1 Å². The predicted molar refractivity (Wildman–Crippen MR) is 84.6 cm³/mol. The molecule has 0 aliphatic carbocycles. The van der Waals surface area contributed by atoms with Crippen LogP contribution in [-0.4, -0.2) is 50.5 Å².